The standard InChI is InChI=1S/C29H34N4O/c34-29-26(25-12-4-6-14-28(25)33(29)22-31-17-9-2-10-18-31)19-23-20-32(21-30-15-7-1-8-16-30)27-13-5-3-11-24(23)27/h3-6,11-14,19-20H,1-2,7-10,15-18,21-22H2/b26-19+. The van der Waals surface area contributed by atoms with Gasteiger partial charge < -0.3 is 4.57 Å². The van der Waals surface area contributed by atoms with Crippen molar-refractivity contribution in [3.63, 3.8) is 0 Å². The fourth-order valence-corrected chi connectivity index (χ4v) is 5.87. The van der Waals surface area contributed by atoms with Crippen molar-refractivity contribution in [3.05, 3.63) is 65.9 Å². The maximum absolute atomic E-state index is 13.7. The van der Waals surface area contributed by atoms with Crippen molar-refractivity contribution in [2.75, 3.05) is 37.7 Å². The van der Waals surface area contributed by atoms with Gasteiger partial charge in [-0.1, -0.05) is 49.2 Å². The Hall–Kier alpha value is -2.89. The molecule has 0 aliphatic carbocycles. The molecule has 0 bridgehead atoms. The van der Waals surface area contributed by atoms with Crippen LogP contribution in [0.25, 0.3) is 22.6 Å². The predicted octanol–water partition coefficient (Wildman–Crippen LogP) is 5.42. The number of amides is 1. The Morgan fingerprint density at radius 2 is 1.38 bits per heavy atom. The van der Waals surface area contributed by atoms with E-state index in [2.05, 4.69) is 63.0 Å². The molecule has 3 aliphatic heterocycles. The molecule has 6 rings (SSSR count). The predicted molar refractivity (Wildman–Crippen MR) is 139 cm³/mol. The number of carbonyl (C=O) groups excluding carboxylic acids is 1. The molecule has 0 saturated carbocycles. The van der Waals surface area contributed by atoms with E-state index in [1.807, 2.05) is 17.0 Å². The highest BCUT2D eigenvalue weighted by atomic mass is 16.2. The van der Waals surface area contributed by atoms with Crippen molar-refractivity contribution < 1.29 is 4.79 Å². The summed E-state index contributed by atoms with van der Waals surface area (Å²) in [5.74, 6) is 0.125. The van der Waals surface area contributed by atoms with Gasteiger partial charge in [0.25, 0.3) is 5.91 Å². The van der Waals surface area contributed by atoms with Crippen LogP contribution in [0.4, 0.5) is 5.69 Å². The summed E-state index contributed by atoms with van der Waals surface area (Å²) in [7, 11) is 0. The van der Waals surface area contributed by atoms with Gasteiger partial charge in [-0.25, -0.2) is 0 Å². The molecule has 0 spiro atoms. The van der Waals surface area contributed by atoms with E-state index in [1.165, 1.54) is 62.5 Å². The van der Waals surface area contributed by atoms with Crippen molar-refractivity contribution in [3.8, 4) is 0 Å². The number of benzene rings is 2. The average Bonchev–Trinajstić information content (AvgIpc) is 3.36. The molecule has 3 aliphatic rings. The number of likely N-dealkylation sites (tertiary alicyclic amines) is 2. The number of anilines is 1. The van der Waals surface area contributed by atoms with Gasteiger partial charge in [0, 0.05) is 33.8 Å². The molecule has 4 heterocycles. The number of hydrogen-bond acceptors (Lipinski definition) is 3. The second kappa shape index (κ2) is 9.40. The molecule has 2 fully saturated rings. The quantitative estimate of drug-likeness (QED) is 0.483. The van der Waals surface area contributed by atoms with Crippen LogP contribution < -0.4 is 4.90 Å². The van der Waals surface area contributed by atoms with E-state index >= 15 is 0 Å². The van der Waals surface area contributed by atoms with Gasteiger partial charge in [0.05, 0.1) is 19.0 Å². The van der Waals surface area contributed by atoms with Crippen molar-refractivity contribution in [1.29, 1.82) is 0 Å². The van der Waals surface area contributed by atoms with Gasteiger partial charge in [-0.2, -0.15) is 0 Å². The second-order valence-electron chi connectivity index (χ2n) is 10.0. The van der Waals surface area contributed by atoms with Crippen LogP contribution in [0.15, 0.2) is 54.7 Å². The van der Waals surface area contributed by atoms with E-state index < -0.39 is 0 Å². The minimum absolute atomic E-state index is 0.125. The highest BCUT2D eigenvalue weighted by Gasteiger charge is 2.33. The lowest BCUT2D eigenvalue weighted by atomic mass is 10.0. The number of nitrogens with zero attached hydrogens (tertiary/aromatic N) is 4. The van der Waals surface area contributed by atoms with Gasteiger partial charge in [0.2, 0.25) is 0 Å². The number of piperidine rings is 2. The van der Waals surface area contributed by atoms with Crippen LogP contribution in [0.2, 0.25) is 0 Å². The zero-order chi connectivity index (χ0) is 22.9. The molecule has 2 saturated heterocycles. The number of aromatic nitrogens is 1. The fourth-order valence-electron chi connectivity index (χ4n) is 5.87. The van der Waals surface area contributed by atoms with Gasteiger partial charge in [-0.05, 0) is 70.1 Å². The van der Waals surface area contributed by atoms with E-state index in [1.54, 1.807) is 0 Å². The van der Waals surface area contributed by atoms with E-state index in [-0.39, 0.29) is 5.91 Å². The Labute approximate surface area is 202 Å². The summed E-state index contributed by atoms with van der Waals surface area (Å²) < 4.78 is 2.36. The van der Waals surface area contributed by atoms with Crippen molar-refractivity contribution in [1.82, 2.24) is 14.4 Å². The number of carbonyl (C=O) groups is 1. The minimum Gasteiger partial charge on any atom is -0.333 e. The van der Waals surface area contributed by atoms with E-state index in [0.29, 0.717) is 6.67 Å². The molecule has 5 heteroatoms. The first-order chi connectivity index (χ1) is 16.8. The highest BCUT2D eigenvalue weighted by Crippen LogP contribution is 2.39. The van der Waals surface area contributed by atoms with Crippen LogP contribution in [0.1, 0.15) is 49.7 Å². The molecule has 34 heavy (non-hydrogen) atoms. The van der Waals surface area contributed by atoms with Crippen LogP contribution in [0, 0.1) is 0 Å². The first-order valence-electron chi connectivity index (χ1n) is 12.9. The first-order valence-corrected chi connectivity index (χ1v) is 12.9. The summed E-state index contributed by atoms with van der Waals surface area (Å²) in [5.41, 5.74) is 5.28. The molecule has 0 N–H and O–H groups in total. The van der Waals surface area contributed by atoms with Gasteiger partial charge in [0.1, 0.15) is 0 Å². The Morgan fingerprint density at radius 1 is 0.735 bits per heavy atom. The topological polar surface area (TPSA) is 31.7 Å². The van der Waals surface area contributed by atoms with E-state index in [0.717, 1.165) is 42.1 Å². The molecular weight excluding hydrogens is 420 g/mol. The maximum Gasteiger partial charge on any atom is 0.260 e. The summed E-state index contributed by atoms with van der Waals surface area (Å²) in [5, 5.41) is 1.21. The third-order valence-corrected chi connectivity index (χ3v) is 7.67. The summed E-state index contributed by atoms with van der Waals surface area (Å²) >= 11 is 0. The molecular formula is C29H34N4O. The van der Waals surface area contributed by atoms with Crippen LogP contribution in [0.5, 0.6) is 0 Å². The van der Waals surface area contributed by atoms with Gasteiger partial charge in [-0.3, -0.25) is 19.5 Å². The lowest BCUT2D eigenvalue weighted by Crippen LogP contribution is -2.42. The molecule has 3 aromatic rings. The third kappa shape index (κ3) is 4.08. The Morgan fingerprint density at radius 3 is 2.15 bits per heavy atom. The normalized spacial score (nSPS) is 21.0. The van der Waals surface area contributed by atoms with Gasteiger partial charge in [0.15, 0.2) is 0 Å². The monoisotopic (exact) mass is 454 g/mol. The average molecular weight is 455 g/mol. The lowest BCUT2D eigenvalue weighted by molar-refractivity contribution is -0.113. The largest absolute Gasteiger partial charge is 0.333 e. The summed E-state index contributed by atoms with van der Waals surface area (Å²) in [6.07, 6.45) is 12.0. The number of hydrogen-bond donors (Lipinski definition) is 0. The van der Waals surface area contributed by atoms with Gasteiger partial charge in [-0.15, -0.1) is 0 Å². The SMILES string of the molecule is O=C1/C(=C/c2cn(CN3CCCCC3)c3ccccc23)c2ccccc2N1CN1CCCCC1. The second-order valence-corrected chi connectivity index (χ2v) is 10.0. The molecule has 0 unspecified atom stereocenters. The zero-order valence-electron chi connectivity index (χ0n) is 20.0. The number of fused-ring (bicyclic) bond motifs is 2. The molecule has 1 aromatic heterocycles. The van der Waals surface area contributed by atoms with Crippen LogP contribution in [-0.4, -0.2) is 53.1 Å². The van der Waals surface area contributed by atoms with E-state index in [9.17, 15) is 4.79 Å². The smallest absolute Gasteiger partial charge is 0.260 e. The fraction of sp³-hybridized carbons (Fsp3) is 0.414. The lowest BCUT2D eigenvalue weighted by Gasteiger charge is -2.30. The molecule has 0 radical (unpaired) electrons. The minimum atomic E-state index is 0.125. The van der Waals surface area contributed by atoms with Crippen molar-refractivity contribution in [2.24, 2.45) is 0 Å². The Balaban J connectivity index is 1.35. The summed E-state index contributed by atoms with van der Waals surface area (Å²) in [6, 6.07) is 16.9. The third-order valence-electron chi connectivity index (χ3n) is 7.67. The summed E-state index contributed by atoms with van der Waals surface area (Å²) in [6.45, 7) is 6.09. The molecule has 176 valence electrons. The van der Waals surface area contributed by atoms with Crippen LogP contribution in [-0.2, 0) is 11.5 Å². The molecule has 2 aromatic carbocycles. The number of rotatable bonds is 5. The van der Waals surface area contributed by atoms with Crippen molar-refractivity contribution >= 4 is 34.1 Å². The van der Waals surface area contributed by atoms with Gasteiger partial charge >= 0.3 is 0 Å². The molecule has 5 nitrogen and oxygen atoms in total. The Bertz CT molecular complexity index is 1210. The van der Waals surface area contributed by atoms with Crippen molar-refractivity contribution in [2.45, 2.75) is 45.2 Å². The molecule has 1 amide bonds. The Kier molecular flexibility index (Phi) is 5.98. The zero-order valence-corrected chi connectivity index (χ0v) is 20.0. The molecule has 0 atom stereocenters. The summed E-state index contributed by atoms with van der Waals surface area (Å²) in [4.78, 5) is 20.7. The maximum atomic E-state index is 13.7. The van der Waals surface area contributed by atoms with Crippen LogP contribution in [0.3, 0.4) is 0 Å². The highest BCUT2D eigenvalue weighted by molar-refractivity contribution is 6.36. The van der Waals surface area contributed by atoms with Crippen LogP contribution >= 0.6 is 0 Å². The number of para-hydroxylation sites is 2. The first kappa shape index (κ1) is 21.6. The van der Waals surface area contributed by atoms with E-state index in [4.69, 9.17) is 0 Å².